The zero-order chi connectivity index (χ0) is 11.6. The Hall–Kier alpha value is -1.50. The third-order valence-corrected chi connectivity index (χ3v) is 2.22. The monoisotopic (exact) mass is 277 g/mol. The number of carboxylic acids is 1. The minimum Gasteiger partial charge on any atom is -0.481 e. The van der Waals surface area contributed by atoms with Gasteiger partial charge in [-0.3, -0.25) is 14.9 Å². The van der Waals surface area contributed by atoms with Gasteiger partial charge in [0, 0.05) is 17.7 Å². The highest BCUT2D eigenvalue weighted by atomic mass is 79.9. The number of halogens is 2. The summed E-state index contributed by atoms with van der Waals surface area (Å²) in [5.74, 6) is -2.04. The Kier molecular flexibility index (Phi) is 3.35. The number of hydrogen-bond acceptors (Lipinski definition) is 3. The maximum atomic E-state index is 13.3. The van der Waals surface area contributed by atoms with Crippen molar-refractivity contribution in [3.63, 3.8) is 0 Å². The summed E-state index contributed by atoms with van der Waals surface area (Å²) in [5, 5.41) is 18.9. The molecule has 80 valence electrons. The van der Waals surface area contributed by atoms with Gasteiger partial charge in [0.05, 0.1) is 15.8 Å². The average Bonchev–Trinajstić information content (AvgIpc) is 2.11. The molecule has 1 N–H and O–H groups in total. The van der Waals surface area contributed by atoms with Gasteiger partial charge in [-0.2, -0.15) is 0 Å². The molecule has 7 heteroatoms. The molecule has 0 saturated heterocycles. The second kappa shape index (κ2) is 4.35. The van der Waals surface area contributed by atoms with Gasteiger partial charge in [-0.25, -0.2) is 4.39 Å². The lowest BCUT2D eigenvalue weighted by Gasteiger charge is -2.02. The fourth-order valence-corrected chi connectivity index (χ4v) is 1.52. The van der Waals surface area contributed by atoms with Crippen LogP contribution in [0.4, 0.5) is 10.1 Å². The van der Waals surface area contributed by atoms with Crippen molar-refractivity contribution in [2.75, 3.05) is 0 Å². The number of aliphatic carboxylic acids is 1. The highest BCUT2D eigenvalue weighted by molar-refractivity contribution is 9.10. The summed E-state index contributed by atoms with van der Waals surface area (Å²) in [5.41, 5.74) is -0.567. The van der Waals surface area contributed by atoms with Gasteiger partial charge < -0.3 is 5.11 Å². The van der Waals surface area contributed by atoms with Crippen molar-refractivity contribution < 1.29 is 19.2 Å². The van der Waals surface area contributed by atoms with E-state index < -0.39 is 23.1 Å². The topological polar surface area (TPSA) is 80.4 Å². The summed E-state index contributed by atoms with van der Waals surface area (Å²) in [6, 6.07) is 1.90. The van der Waals surface area contributed by atoms with Gasteiger partial charge in [0.15, 0.2) is 0 Å². The third kappa shape index (κ3) is 2.72. The van der Waals surface area contributed by atoms with Crippen LogP contribution in [0.25, 0.3) is 0 Å². The van der Waals surface area contributed by atoms with Crippen molar-refractivity contribution in [3.8, 4) is 0 Å². The van der Waals surface area contributed by atoms with Crippen LogP contribution in [0.15, 0.2) is 16.6 Å². The average molecular weight is 278 g/mol. The molecular weight excluding hydrogens is 273 g/mol. The molecule has 0 radical (unpaired) electrons. The van der Waals surface area contributed by atoms with Crippen LogP contribution in [0.3, 0.4) is 0 Å². The Labute approximate surface area is 91.8 Å². The summed E-state index contributed by atoms with van der Waals surface area (Å²) in [6.07, 6.45) is -0.591. The number of hydrogen-bond donors (Lipinski definition) is 1. The van der Waals surface area contributed by atoms with Gasteiger partial charge in [-0.15, -0.1) is 0 Å². The summed E-state index contributed by atoms with van der Waals surface area (Å²) in [6.45, 7) is 0. The summed E-state index contributed by atoms with van der Waals surface area (Å²) in [7, 11) is 0. The Morgan fingerprint density at radius 2 is 2.20 bits per heavy atom. The quantitative estimate of drug-likeness (QED) is 0.678. The number of nitro benzene ring substituents is 1. The molecule has 0 amide bonds. The SMILES string of the molecule is O=C(O)Cc1cc([N+](=O)[O-])cc(Br)c1F. The predicted molar refractivity (Wildman–Crippen MR) is 52.1 cm³/mol. The molecule has 0 atom stereocenters. The molecule has 0 aliphatic carbocycles. The second-order valence-electron chi connectivity index (χ2n) is 2.73. The van der Waals surface area contributed by atoms with Crippen molar-refractivity contribution >= 4 is 27.6 Å². The third-order valence-electron chi connectivity index (χ3n) is 1.64. The molecule has 0 unspecified atom stereocenters. The summed E-state index contributed by atoms with van der Waals surface area (Å²) in [4.78, 5) is 20.1. The fraction of sp³-hybridized carbons (Fsp3) is 0.125. The standard InChI is InChI=1S/C8H5BrFNO4/c9-6-3-5(11(14)15)1-4(8(6)10)2-7(12)13/h1,3H,2H2,(H,12,13). The van der Waals surface area contributed by atoms with Crippen LogP contribution >= 0.6 is 15.9 Å². The van der Waals surface area contributed by atoms with E-state index in [1.807, 2.05) is 0 Å². The molecule has 1 rings (SSSR count). The van der Waals surface area contributed by atoms with E-state index in [9.17, 15) is 19.3 Å². The van der Waals surface area contributed by atoms with Gasteiger partial charge in [0.2, 0.25) is 0 Å². The maximum Gasteiger partial charge on any atom is 0.307 e. The van der Waals surface area contributed by atoms with Crippen LogP contribution < -0.4 is 0 Å². The first kappa shape index (κ1) is 11.6. The molecule has 5 nitrogen and oxygen atoms in total. The van der Waals surface area contributed by atoms with Gasteiger partial charge in [0.25, 0.3) is 5.69 Å². The molecule has 15 heavy (non-hydrogen) atoms. The lowest BCUT2D eigenvalue weighted by atomic mass is 10.1. The van der Waals surface area contributed by atoms with Crippen LogP contribution in [-0.4, -0.2) is 16.0 Å². The molecular formula is C8H5BrFNO4. The van der Waals surface area contributed by atoms with Crippen LogP contribution in [0.5, 0.6) is 0 Å². The van der Waals surface area contributed by atoms with E-state index in [0.29, 0.717) is 0 Å². The van der Waals surface area contributed by atoms with Crippen LogP contribution in [0.1, 0.15) is 5.56 Å². The smallest absolute Gasteiger partial charge is 0.307 e. The zero-order valence-electron chi connectivity index (χ0n) is 7.24. The highest BCUT2D eigenvalue weighted by Gasteiger charge is 2.16. The number of rotatable bonds is 3. The number of carbonyl (C=O) groups is 1. The Morgan fingerprint density at radius 3 is 2.67 bits per heavy atom. The van der Waals surface area contributed by atoms with E-state index in [4.69, 9.17) is 5.11 Å². The lowest BCUT2D eigenvalue weighted by molar-refractivity contribution is -0.385. The van der Waals surface area contributed by atoms with E-state index in [1.165, 1.54) is 0 Å². The van der Waals surface area contributed by atoms with Gasteiger partial charge in [-0.05, 0) is 15.9 Å². The van der Waals surface area contributed by atoms with E-state index >= 15 is 0 Å². The highest BCUT2D eigenvalue weighted by Crippen LogP contribution is 2.25. The molecule has 0 heterocycles. The number of nitrogens with zero attached hydrogens (tertiary/aromatic N) is 1. The maximum absolute atomic E-state index is 13.3. The Bertz CT molecular complexity index is 435. The van der Waals surface area contributed by atoms with E-state index in [1.54, 1.807) is 0 Å². The van der Waals surface area contributed by atoms with Gasteiger partial charge in [-0.1, -0.05) is 0 Å². The molecule has 0 aliphatic rings. The van der Waals surface area contributed by atoms with Crippen molar-refractivity contribution in [2.24, 2.45) is 0 Å². The van der Waals surface area contributed by atoms with E-state index in [-0.39, 0.29) is 15.7 Å². The first-order valence-electron chi connectivity index (χ1n) is 3.76. The predicted octanol–water partition coefficient (Wildman–Crippen LogP) is 2.12. The normalized spacial score (nSPS) is 10.0. The molecule has 1 aromatic carbocycles. The van der Waals surface area contributed by atoms with E-state index in [2.05, 4.69) is 15.9 Å². The molecule has 0 aliphatic heterocycles. The van der Waals surface area contributed by atoms with Crippen molar-refractivity contribution in [1.82, 2.24) is 0 Å². The molecule has 0 aromatic heterocycles. The number of carboxylic acid groups (broad SMARTS) is 1. The number of nitro groups is 1. The van der Waals surface area contributed by atoms with Crippen LogP contribution in [0.2, 0.25) is 0 Å². The number of non-ortho nitro benzene ring substituents is 1. The lowest BCUT2D eigenvalue weighted by Crippen LogP contribution is -2.04. The first-order valence-corrected chi connectivity index (χ1v) is 4.55. The Morgan fingerprint density at radius 1 is 1.60 bits per heavy atom. The van der Waals surface area contributed by atoms with Crippen molar-refractivity contribution in [3.05, 3.63) is 38.1 Å². The molecule has 1 aromatic rings. The van der Waals surface area contributed by atoms with Crippen LogP contribution in [0, 0.1) is 15.9 Å². The largest absolute Gasteiger partial charge is 0.481 e. The fourth-order valence-electron chi connectivity index (χ4n) is 1.03. The molecule has 0 bridgehead atoms. The zero-order valence-corrected chi connectivity index (χ0v) is 8.82. The number of benzene rings is 1. The summed E-state index contributed by atoms with van der Waals surface area (Å²) >= 11 is 2.78. The van der Waals surface area contributed by atoms with E-state index in [0.717, 1.165) is 12.1 Å². The minimum absolute atomic E-state index is 0.118. The molecule has 0 saturated carbocycles. The Balaban J connectivity index is 3.24. The summed E-state index contributed by atoms with van der Waals surface area (Å²) < 4.78 is 13.2. The first-order chi connectivity index (χ1) is 6.91. The van der Waals surface area contributed by atoms with Crippen molar-refractivity contribution in [1.29, 1.82) is 0 Å². The minimum atomic E-state index is -1.25. The van der Waals surface area contributed by atoms with Gasteiger partial charge >= 0.3 is 5.97 Å². The van der Waals surface area contributed by atoms with Gasteiger partial charge in [0.1, 0.15) is 5.82 Å². The van der Waals surface area contributed by atoms with Crippen LogP contribution in [-0.2, 0) is 11.2 Å². The molecule has 0 spiro atoms. The van der Waals surface area contributed by atoms with Crippen molar-refractivity contribution in [2.45, 2.75) is 6.42 Å². The molecule has 0 fully saturated rings. The second-order valence-corrected chi connectivity index (χ2v) is 3.58.